The topological polar surface area (TPSA) is 94.3 Å². The molecule has 1 heterocycles. The molecule has 0 fully saturated rings. The van der Waals surface area contributed by atoms with Crippen molar-refractivity contribution in [2.75, 3.05) is 18.3 Å². The third-order valence-corrected chi connectivity index (χ3v) is 1.49. The molecule has 0 spiro atoms. The Morgan fingerprint density at radius 3 is 2.86 bits per heavy atom. The first-order valence-electron chi connectivity index (χ1n) is 3.45. The molecule has 1 N–H and O–H groups in total. The predicted molar refractivity (Wildman–Crippen MR) is 45.0 cm³/mol. The number of esters is 1. The van der Waals surface area contributed by atoms with Crippen molar-refractivity contribution >= 4 is 29.3 Å². The molecule has 0 saturated heterocycles. The lowest BCUT2D eigenvalue weighted by atomic mass is 10.4. The highest BCUT2D eigenvalue weighted by molar-refractivity contribution is 6.29. The monoisotopic (exact) mass is 219 g/mol. The second-order valence-electron chi connectivity index (χ2n) is 2.13. The summed E-state index contributed by atoms with van der Waals surface area (Å²) in [5.74, 6) is -1.64. The van der Waals surface area contributed by atoms with Crippen LogP contribution in [0.1, 0.15) is 10.5 Å². The highest BCUT2D eigenvalue weighted by atomic mass is 35.5. The molecule has 1 amide bonds. The van der Waals surface area contributed by atoms with E-state index < -0.39 is 11.9 Å². The van der Waals surface area contributed by atoms with Gasteiger partial charge in [0.05, 0.1) is 7.11 Å². The first kappa shape index (κ1) is 10.5. The Hall–Kier alpha value is -1.63. The number of hydrogen-bond acceptors (Lipinski definition) is 6. The van der Waals surface area contributed by atoms with Crippen LogP contribution in [-0.4, -0.2) is 35.2 Å². The van der Waals surface area contributed by atoms with Gasteiger partial charge in [0.2, 0.25) is 17.4 Å². The first-order chi connectivity index (χ1) is 6.69. The number of alkyl halides is 1. The molecule has 0 atom stereocenters. The van der Waals surface area contributed by atoms with E-state index in [4.69, 9.17) is 11.6 Å². The number of carbonyl (C=O) groups excluding carboxylic acids is 2. The molecule has 1 aromatic rings. The van der Waals surface area contributed by atoms with Gasteiger partial charge in [-0.3, -0.25) is 4.79 Å². The number of rotatable bonds is 3. The second kappa shape index (κ2) is 4.56. The molecule has 1 aromatic heterocycles. The number of hydrogen-bond donors (Lipinski definition) is 1. The predicted octanol–water partition coefficient (Wildman–Crippen LogP) is 0.0335. The van der Waals surface area contributed by atoms with Gasteiger partial charge in [-0.15, -0.1) is 11.6 Å². The Bertz CT molecular complexity index is 351. The van der Waals surface area contributed by atoms with E-state index in [9.17, 15) is 9.59 Å². The maximum absolute atomic E-state index is 11.0. The van der Waals surface area contributed by atoms with Crippen LogP contribution in [0.3, 0.4) is 0 Å². The Morgan fingerprint density at radius 2 is 2.29 bits per heavy atom. The molecule has 0 radical (unpaired) electrons. The third kappa shape index (κ3) is 2.19. The quantitative estimate of drug-likeness (QED) is 0.570. The smallest absolute Gasteiger partial charge is 0.364 e. The van der Waals surface area contributed by atoms with Crippen LogP contribution in [-0.2, 0) is 9.53 Å². The van der Waals surface area contributed by atoms with E-state index in [2.05, 4.69) is 25.0 Å². The van der Waals surface area contributed by atoms with Crippen LogP contribution < -0.4 is 5.32 Å². The van der Waals surface area contributed by atoms with Crippen LogP contribution in [0.25, 0.3) is 0 Å². The molecule has 0 saturated carbocycles. The molecule has 0 aliphatic rings. The molecule has 8 heteroatoms. The van der Waals surface area contributed by atoms with E-state index in [1.807, 2.05) is 0 Å². The van der Waals surface area contributed by atoms with Crippen LogP contribution in [0.2, 0.25) is 0 Å². The van der Waals surface area contributed by atoms with E-state index >= 15 is 0 Å². The zero-order valence-corrected chi connectivity index (χ0v) is 7.87. The average Bonchev–Trinajstić information content (AvgIpc) is 2.64. The lowest BCUT2D eigenvalue weighted by Crippen LogP contribution is -2.16. The Balaban J connectivity index is 2.82. The number of carbonyl (C=O) groups is 2. The van der Waals surface area contributed by atoms with E-state index in [0.717, 1.165) is 0 Å². The van der Waals surface area contributed by atoms with E-state index in [0.29, 0.717) is 0 Å². The summed E-state index contributed by atoms with van der Waals surface area (Å²) in [5, 5.41) is 8.77. The van der Waals surface area contributed by atoms with Crippen molar-refractivity contribution in [3.05, 3.63) is 5.69 Å². The van der Waals surface area contributed by atoms with Gasteiger partial charge < -0.3 is 10.1 Å². The number of nitrogens with one attached hydrogen (secondary N) is 1. The Labute approximate surface area is 83.3 Å². The first-order valence-corrected chi connectivity index (χ1v) is 3.99. The van der Waals surface area contributed by atoms with Crippen LogP contribution in [0.15, 0.2) is 4.63 Å². The molecule has 0 unspecified atom stereocenters. The van der Waals surface area contributed by atoms with Gasteiger partial charge in [0.25, 0.3) is 0 Å². The fourth-order valence-electron chi connectivity index (χ4n) is 0.667. The van der Waals surface area contributed by atoms with Crippen LogP contribution in [0, 0.1) is 0 Å². The molecule has 0 bridgehead atoms. The van der Waals surface area contributed by atoms with Crippen molar-refractivity contribution in [1.29, 1.82) is 0 Å². The summed E-state index contributed by atoms with van der Waals surface area (Å²) >= 11 is 5.23. The van der Waals surface area contributed by atoms with Crippen LogP contribution >= 0.6 is 11.6 Å². The number of nitrogens with zero attached hydrogens (tertiary/aromatic N) is 2. The van der Waals surface area contributed by atoms with Gasteiger partial charge in [0.15, 0.2) is 0 Å². The lowest BCUT2D eigenvalue weighted by molar-refractivity contribution is -0.114. The Kier molecular flexibility index (Phi) is 3.41. The summed E-state index contributed by atoms with van der Waals surface area (Å²) in [6, 6.07) is 0. The zero-order valence-electron chi connectivity index (χ0n) is 7.11. The third-order valence-electron chi connectivity index (χ3n) is 1.25. The van der Waals surface area contributed by atoms with Gasteiger partial charge >= 0.3 is 5.97 Å². The van der Waals surface area contributed by atoms with Crippen molar-refractivity contribution in [2.24, 2.45) is 0 Å². The maximum Gasteiger partial charge on any atom is 0.364 e. The largest absolute Gasteiger partial charge is 0.464 e. The minimum absolute atomic E-state index is 0.109. The standard InChI is InChI=1S/C6H6ClN3O4/c1-13-6(12)4-5(10-14-9-4)8-3(11)2-7/h2H2,1H3,(H,8,10,11). The molecule has 0 aromatic carbocycles. The summed E-state index contributed by atoms with van der Waals surface area (Å²) < 4.78 is 8.62. The minimum Gasteiger partial charge on any atom is -0.464 e. The average molecular weight is 220 g/mol. The van der Waals surface area contributed by atoms with Gasteiger partial charge in [0, 0.05) is 0 Å². The second-order valence-corrected chi connectivity index (χ2v) is 2.40. The number of halogens is 1. The highest BCUT2D eigenvalue weighted by Crippen LogP contribution is 2.10. The lowest BCUT2D eigenvalue weighted by Gasteiger charge is -1.97. The highest BCUT2D eigenvalue weighted by Gasteiger charge is 2.20. The SMILES string of the molecule is COC(=O)c1nonc1NC(=O)CCl. The summed E-state index contributed by atoms with van der Waals surface area (Å²) in [7, 11) is 1.17. The van der Waals surface area contributed by atoms with Crippen LogP contribution in [0.5, 0.6) is 0 Å². The molecule has 7 nitrogen and oxygen atoms in total. The number of amides is 1. The van der Waals surface area contributed by atoms with Crippen molar-refractivity contribution in [3.63, 3.8) is 0 Å². The van der Waals surface area contributed by atoms with Gasteiger partial charge in [-0.25, -0.2) is 9.42 Å². The van der Waals surface area contributed by atoms with Gasteiger partial charge in [-0.2, -0.15) is 0 Å². The normalized spacial score (nSPS) is 9.57. The molecule has 76 valence electrons. The van der Waals surface area contributed by atoms with Crippen LogP contribution in [0.4, 0.5) is 5.82 Å². The molecular weight excluding hydrogens is 214 g/mol. The fraction of sp³-hybridized carbons (Fsp3) is 0.333. The molecule has 0 aliphatic carbocycles. The summed E-state index contributed by atoms with van der Waals surface area (Å²) in [6.45, 7) is 0. The van der Waals surface area contributed by atoms with Crippen molar-refractivity contribution in [1.82, 2.24) is 10.3 Å². The van der Waals surface area contributed by atoms with E-state index in [-0.39, 0.29) is 17.4 Å². The maximum atomic E-state index is 11.0. The van der Waals surface area contributed by atoms with Crippen molar-refractivity contribution < 1.29 is 19.0 Å². The van der Waals surface area contributed by atoms with Gasteiger partial charge in [0.1, 0.15) is 5.88 Å². The molecule has 14 heavy (non-hydrogen) atoms. The van der Waals surface area contributed by atoms with E-state index in [1.165, 1.54) is 7.11 Å². The summed E-state index contributed by atoms with van der Waals surface area (Å²) in [4.78, 5) is 21.8. The van der Waals surface area contributed by atoms with Gasteiger partial charge in [-0.1, -0.05) is 0 Å². The number of methoxy groups -OCH3 is 1. The minimum atomic E-state index is -0.754. The van der Waals surface area contributed by atoms with Crippen molar-refractivity contribution in [2.45, 2.75) is 0 Å². The fourth-order valence-corrected chi connectivity index (χ4v) is 0.733. The summed E-state index contributed by atoms with van der Waals surface area (Å²) in [5.41, 5.74) is -0.203. The number of aromatic nitrogens is 2. The summed E-state index contributed by atoms with van der Waals surface area (Å²) in [6.07, 6.45) is 0. The molecular formula is C6H6ClN3O4. The molecule has 0 aliphatic heterocycles. The van der Waals surface area contributed by atoms with Crippen molar-refractivity contribution in [3.8, 4) is 0 Å². The zero-order chi connectivity index (χ0) is 10.6. The number of ether oxygens (including phenoxy) is 1. The molecule has 1 rings (SSSR count). The van der Waals surface area contributed by atoms with E-state index in [1.54, 1.807) is 0 Å². The Morgan fingerprint density at radius 1 is 1.57 bits per heavy atom. The number of anilines is 1. The van der Waals surface area contributed by atoms with Gasteiger partial charge in [-0.05, 0) is 10.3 Å².